The zero-order valence-electron chi connectivity index (χ0n) is 27.5. The molecular formula is C35H56O9. The van der Waals surface area contributed by atoms with Gasteiger partial charge in [0.2, 0.25) is 0 Å². The number of carboxylic acid groups (broad SMARTS) is 1. The predicted octanol–water partition coefficient (Wildman–Crippen LogP) is 3.64. The second-order valence-corrected chi connectivity index (χ2v) is 16.9. The van der Waals surface area contributed by atoms with Crippen molar-refractivity contribution in [3.05, 3.63) is 11.6 Å². The van der Waals surface area contributed by atoms with Crippen LogP contribution in [-0.2, 0) is 14.3 Å². The Balaban J connectivity index is 1.34. The molecule has 250 valence electrons. The summed E-state index contributed by atoms with van der Waals surface area (Å²) in [5, 5.41) is 64.4. The van der Waals surface area contributed by atoms with E-state index in [1.165, 1.54) is 0 Å². The van der Waals surface area contributed by atoms with Crippen LogP contribution in [0.5, 0.6) is 0 Å². The highest BCUT2D eigenvalue weighted by atomic mass is 16.7. The van der Waals surface area contributed by atoms with Gasteiger partial charge in [0, 0.05) is 11.3 Å². The molecule has 0 aromatic carbocycles. The fraction of sp³-hybridized carbons (Fsp3) is 0.914. The lowest BCUT2D eigenvalue weighted by Crippen LogP contribution is -2.68. The van der Waals surface area contributed by atoms with Crippen LogP contribution in [0.25, 0.3) is 0 Å². The Labute approximate surface area is 262 Å². The van der Waals surface area contributed by atoms with E-state index in [1.807, 2.05) is 6.92 Å². The maximum absolute atomic E-state index is 13.0. The van der Waals surface area contributed by atoms with Gasteiger partial charge in [-0.1, -0.05) is 46.3 Å². The lowest BCUT2D eigenvalue weighted by molar-refractivity contribution is -0.312. The number of rotatable bonds is 4. The number of allylic oxidation sites excluding steroid dienone is 1. The molecule has 9 heteroatoms. The van der Waals surface area contributed by atoms with E-state index in [9.17, 15) is 35.4 Å². The molecule has 6 N–H and O–H groups in total. The van der Waals surface area contributed by atoms with E-state index in [-0.39, 0.29) is 41.3 Å². The smallest absolute Gasteiger partial charge is 0.310 e. The van der Waals surface area contributed by atoms with Crippen molar-refractivity contribution in [3.8, 4) is 0 Å². The fourth-order valence-corrected chi connectivity index (χ4v) is 12.1. The van der Waals surface area contributed by atoms with Crippen LogP contribution >= 0.6 is 0 Å². The third-order valence-corrected chi connectivity index (χ3v) is 15.3. The van der Waals surface area contributed by atoms with Crippen LogP contribution in [-0.4, -0.2) is 86.1 Å². The molecular weight excluding hydrogens is 564 g/mol. The third kappa shape index (κ3) is 4.12. The van der Waals surface area contributed by atoms with Crippen molar-refractivity contribution in [1.29, 1.82) is 0 Å². The van der Waals surface area contributed by atoms with Crippen molar-refractivity contribution >= 4 is 5.97 Å². The molecule has 44 heavy (non-hydrogen) atoms. The maximum Gasteiger partial charge on any atom is 0.310 e. The van der Waals surface area contributed by atoms with Crippen LogP contribution in [0.3, 0.4) is 0 Å². The summed E-state index contributed by atoms with van der Waals surface area (Å²) in [6.45, 7) is 12.9. The van der Waals surface area contributed by atoms with Gasteiger partial charge in [0.15, 0.2) is 6.29 Å². The molecule has 15 atom stereocenters. The molecule has 1 saturated heterocycles. The van der Waals surface area contributed by atoms with Crippen molar-refractivity contribution in [2.45, 2.75) is 136 Å². The topological polar surface area (TPSA) is 157 Å². The summed E-state index contributed by atoms with van der Waals surface area (Å²) in [6.07, 6.45) is 3.74. The Morgan fingerprint density at radius 3 is 2.32 bits per heavy atom. The molecule has 0 radical (unpaired) electrons. The molecule has 6 aliphatic rings. The summed E-state index contributed by atoms with van der Waals surface area (Å²) in [5.74, 6) is -0.747. The number of hydrogen-bond acceptors (Lipinski definition) is 8. The number of aliphatic carboxylic acids is 1. The molecule has 1 heterocycles. The number of carboxylic acids is 1. The average Bonchev–Trinajstić information content (AvgIpc) is 2.96. The predicted molar refractivity (Wildman–Crippen MR) is 162 cm³/mol. The van der Waals surface area contributed by atoms with Crippen LogP contribution < -0.4 is 0 Å². The first kappa shape index (κ1) is 32.9. The molecule has 0 spiro atoms. The van der Waals surface area contributed by atoms with Gasteiger partial charge in [-0.05, 0) is 98.7 Å². The minimum atomic E-state index is -1.38. The highest BCUT2D eigenvalue weighted by molar-refractivity contribution is 5.77. The summed E-state index contributed by atoms with van der Waals surface area (Å²) in [7, 11) is 0. The van der Waals surface area contributed by atoms with Crippen molar-refractivity contribution in [2.75, 3.05) is 13.2 Å². The van der Waals surface area contributed by atoms with E-state index in [4.69, 9.17) is 9.47 Å². The first-order chi connectivity index (χ1) is 20.4. The molecule has 1 aliphatic heterocycles. The summed E-state index contributed by atoms with van der Waals surface area (Å²) in [6, 6.07) is 0. The Kier molecular flexibility index (Phi) is 7.81. The van der Waals surface area contributed by atoms with Crippen LogP contribution in [0.1, 0.15) is 99.3 Å². The molecule has 4 saturated carbocycles. The van der Waals surface area contributed by atoms with Gasteiger partial charge in [-0.25, -0.2) is 0 Å². The normalized spacial score (nSPS) is 57.2. The first-order valence-electron chi connectivity index (χ1n) is 17.0. The molecule has 9 nitrogen and oxygen atoms in total. The van der Waals surface area contributed by atoms with Crippen LogP contribution in [0.15, 0.2) is 11.6 Å². The second-order valence-electron chi connectivity index (χ2n) is 16.9. The van der Waals surface area contributed by atoms with E-state index in [2.05, 4.69) is 40.7 Å². The average molecular weight is 621 g/mol. The standard InChI is InChI=1S/C35H56O9/c1-19-9-14-35(29(40)41)16-15-32(4)20(27(35)34(19,6)42)7-8-23-30(2)12-11-24(44-28-26(39)25(38)21(37)17-43-28)31(3,18-36)22(30)10-13-33(23,32)5/h7,19,21-28,36-39,42H,8-18H2,1-6H3,(H,40,41)/t19-,21-,22+,23+,24-,25-,26+,27-,28-,30-,31+,32+,33+,34+,35-/m0/s1. The van der Waals surface area contributed by atoms with Gasteiger partial charge in [0.05, 0.1) is 30.3 Å². The Bertz CT molecular complexity index is 1190. The van der Waals surface area contributed by atoms with Crippen molar-refractivity contribution in [2.24, 2.45) is 50.7 Å². The first-order valence-corrected chi connectivity index (χ1v) is 17.0. The number of fused-ring (bicyclic) bond motifs is 7. The zero-order chi connectivity index (χ0) is 32.3. The van der Waals surface area contributed by atoms with Crippen molar-refractivity contribution < 1.29 is 44.9 Å². The fourth-order valence-electron chi connectivity index (χ4n) is 12.1. The van der Waals surface area contributed by atoms with E-state index in [0.717, 1.165) is 37.7 Å². The van der Waals surface area contributed by atoms with Crippen LogP contribution in [0.2, 0.25) is 0 Å². The lowest BCUT2D eigenvalue weighted by atomic mass is 9.33. The summed E-state index contributed by atoms with van der Waals surface area (Å²) in [4.78, 5) is 13.0. The molecule has 0 aromatic heterocycles. The number of ether oxygens (including phenoxy) is 2. The number of hydrogen-bond donors (Lipinski definition) is 6. The maximum atomic E-state index is 13.0. The quantitative estimate of drug-likeness (QED) is 0.204. The van der Waals surface area contributed by atoms with E-state index < -0.39 is 59.0 Å². The van der Waals surface area contributed by atoms with Crippen molar-refractivity contribution in [3.63, 3.8) is 0 Å². The molecule has 5 aliphatic carbocycles. The van der Waals surface area contributed by atoms with E-state index in [1.54, 1.807) is 0 Å². The molecule has 0 unspecified atom stereocenters. The monoisotopic (exact) mass is 620 g/mol. The summed E-state index contributed by atoms with van der Waals surface area (Å²) >= 11 is 0. The molecule has 0 amide bonds. The zero-order valence-corrected chi connectivity index (χ0v) is 27.5. The highest BCUT2D eigenvalue weighted by Crippen LogP contribution is 2.76. The number of aliphatic hydroxyl groups excluding tert-OH is 4. The van der Waals surface area contributed by atoms with Crippen LogP contribution in [0.4, 0.5) is 0 Å². The second kappa shape index (κ2) is 10.5. The van der Waals surface area contributed by atoms with E-state index >= 15 is 0 Å². The molecule has 0 aromatic rings. The van der Waals surface area contributed by atoms with Gasteiger partial charge < -0.3 is 40.1 Å². The third-order valence-electron chi connectivity index (χ3n) is 15.3. The number of carbonyl (C=O) groups is 1. The largest absolute Gasteiger partial charge is 0.481 e. The van der Waals surface area contributed by atoms with Gasteiger partial charge in [0.25, 0.3) is 0 Å². The molecule has 6 rings (SSSR count). The lowest BCUT2D eigenvalue weighted by Gasteiger charge is -2.72. The Morgan fingerprint density at radius 2 is 1.66 bits per heavy atom. The van der Waals surface area contributed by atoms with Gasteiger partial charge >= 0.3 is 5.97 Å². The molecule has 0 bridgehead atoms. The van der Waals surface area contributed by atoms with Crippen molar-refractivity contribution in [1.82, 2.24) is 0 Å². The van der Waals surface area contributed by atoms with E-state index in [0.29, 0.717) is 31.6 Å². The van der Waals surface area contributed by atoms with Gasteiger partial charge in [-0.2, -0.15) is 0 Å². The van der Waals surface area contributed by atoms with Gasteiger partial charge in [-0.3, -0.25) is 4.79 Å². The number of aliphatic hydroxyl groups is 5. The summed E-state index contributed by atoms with van der Waals surface area (Å²) < 4.78 is 12.0. The Morgan fingerprint density at radius 1 is 0.955 bits per heavy atom. The summed E-state index contributed by atoms with van der Waals surface area (Å²) in [5.41, 5.74) is -1.99. The highest BCUT2D eigenvalue weighted by Gasteiger charge is 2.71. The van der Waals surface area contributed by atoms with Crippen LogP contribution in [0, 0.1) is 50.7 Å². The molecule has 5 fully saturated rings. The minimum absolute atomic E-state index is 0.0126. The van der Waals surface area contributed by atoms with Gasteiger partial charge in [0.1, 0.15) is 18.3 Å². The SMILES string of the molecule is C[C@H]1CC[C@]2(C(=O)O)CC[C@]3(C)C(=CC[C@@H]4[C@@]5(C)CC[C@H](O[C@@H]6OC[C@H](O)[C@H](O)[C@H]6O)[C@](C)(CO)[C@@H]5CC[C@]43C)[C@H]2[C@]1(C)O. The minimum Gasteiger partial charge on any atom is -0.481 e. The Hall–Kier alpha value is -1.07. The van der Waals surface area contributed by atoms with Gasteiger partial charge in [-0.15, -0.1) is 0 Å².